The largest absolute Gasteiger partial charge is 0.476 e. The maximum atomic E-state index is 10.9. The van der Waals surface area contributed by atoms with Crippen molar-refractivity contribution in [1.29, 1.82) is 0 Å². The fraction of sp³-hybridized carbons (Fsp3) is 0.200. The van der Waals surface area contributed by atoms with E-state index >= 15 is 0 Å². The van der Waals surface area contributed by atoms with Crippen LogP contribution in [0.2, 0.25) is 0 Å². The van der Waals surface area contributed by atoms with Crippen LogP contribution in [-0.2, 0) is 0 Å². The Bertz CT molecular complexity index is 514. The number of carbonyl (C=O) groups is 1. The number of hydrogen-bond donors (Lipinski definition) is 1. The van der Waals surface area contributed by atoms with Gasteiger partial charge in [0.15, 0.2) is 5.69 Å². The molecule has 0 radical (unpaired) electrons. The van der Waals surface area contributed by atoms with Gasteiger partial charge >= 0.3 is 5.97 Å². The molecule has 14 heavy (non-hydrogen) atoms. The van der Waals surface area contributed by atoms with Crippen molar-refractivity contribution in [3.8, 4) is 0 Å². The third-order valence-electron chi connectivity index (χ3n) is 2.24. The van der Waals surface area contributed by atoms with Crippen molar-refractivity contribution in [1.82, 2.24) is 9.38 Å². The van der Waals surface area contributed by atoms with Crippen LogP contribution in [0.4, 0.5) is 0 Å². The molecule has 0 aliphatic rings. The Morgan fingerprint density at radius 1 is 1.50 bits per heavy atom. The number of nitrogens with zero attached hydrogens (tertiary/aromatic N) is 2. The number of aryl methyl sites for hydroxylation is 2. The van der Waals surface area contributed by atoms with Gasteiger partial charge in [0.05, 0.1) is 5.52 Å². The molecule has 0 aromatic carbocycles. The molecule has 0 spiro atoms. The van der Waals surface area contributed by atoms with Crippen LogP contribution in [0.5, 0.6) is 0 Å². The molecule has 1 N–H and O–H groups in total. The Morgan fingerprint density at radius 3 is 2.86 bits per heavy atom. The highest BCUT2D eigenvalue weighted by Gasteiger charge is 2.15. The molecule has 0 bridgehead atoms. The van der Waals surface area contributed by atoms with E-state index in [0.717, 1.165) is 5.56 Å². The van der Waals surface area contributed by atoms with E-state index in [1.807, 2.05) is 25.3 Å². The van der Waals surface area contributed by atoms with Crippen LogP contribution in [-0.4, -0.2) is 20.5 Å². The second-order valence-corrected chi connectivity index (χ2v) is 3.22. The second kappa shape index (κ2) is 2.83. The Balaban J connectivity index is 2.93. The molecular formula is C10H10N2O2. The van der Waals surface area contributed by atoms with Gasteiger partial charge in [0.2, 0.25) is 0 Å². The van der Waals surface area contributed by atoms with Crippen LogP contribution >= 0.6 is 0 Å². The lowest BCUT2D eigenvalue weighted by Gasteiger charge is -1.99. The van der Waals surface area contributed by atoms with Gasteiger partial charge in [-0.2, -0.15) is 0 Å². The molecule has 0 atom stereocenters. The fourth-order valence-corrected chi connectivity index (χ4v) is 1.61. The molecular weight excluding hydrogens is 180 g/mol. The second-order valence-electron chi connectivity index (χ2n) is 3.22. The molecule has 2 aromatic rings. The minimum absolute atomic E-state index is 0.126. The van der Waals surface area contributed by atoms with Crippen molar-refractivity contribution in [3.63, 3.8) is 0 Å². The van der Waals surface area contributed by atoms with Crippen LogP contribution in [0.25, 0.3) is 5.52 Å². The van der Waals surface area contributed by atoms with Crippen LogP contribution in [0.3, 0.4) is 0 Å². The summed E-state index contributed by atoms with van der Waals surface area (Å²) in [7, 11) is 0. The van der Waals surface area contributed by atoms with Gasteiger partial charge in [-0.25, -0.2) is 9.78 Å². The number of pyridine rings is 1. The van der Waals surface area contributed by atoms with Crippen LogP contribution in [0.15, 0.2) is 18.3 Å². The topological polar surface area (TPSA) is 54.6 Å². The fourth-order valence-electron chi connectivity index (χ4n) is 1.61. The summed E-state index contributed by atoms with van der Waals surface area (Å²) in [6.07, 6.45) is 1.82. The highest BCUT2D eigenvalue weighted by molar-refractivity contribution is 5.94. The standard InChI is InChI=1S/C10H10N2O2/c1-6-4-3-5-12-7(2)11-8(9(6)12)10(13)14/h3-5H,1-2H3,(H,13,14). The highest BCUT2D eigenvalue weighted by Crippen LogP contribution is 2.16. The van der Waals surface area contributed by atoms with E-state index in [-0.39, 0.29) is 5.69 Å². The van der Waals surface area contributed by atoms with Crippen LogP contribution < -0.4 is 0 Å². The van der Waals surface area contributed by atoms with E-state index in [0.29, 0.717) is 11.3 Å². The molecule has 0 saturated carbocycles. The Hall–Kier alpha value is -1.84. The number of aromatic nitrogens is 2. The monoisotopic (exact) mass is 190 g/mol. The van der Waals surface area contributed by atoms with Crippen molar-refractivity contribution in [3.05, 3.63) is 35.4 Å². The minimum Gasteiger partial charge on any atom is -0.476 e. The normalized spacial score (nSPS) is 10.7. The summed E-state index contributed by atoms with van der Waals surface area (Å²) in [4.78, 5) is 14.9. The number of carboxylic acid groups (broad SMARTS) is 1. The predicted molar refractivity (Wildman–Crippen MR) is 51.6 cm³/mol. The maximum Gasteiger partial charge on any atom is 0.356 e. The molecule has 2 rings (SSSR count). The first-order chi connectivity index (χ1) is 6.61. The zero-order chi connectivity index (χ0) is 10.3. The highest BCUT2D eigenvalue weighted by atomic mass is 16.4. The van der Waals surface area contributed by atoms with Gasteiger partial charge in [-0.15, -0.1) is 0 Å². The average molecular weight is 190 g/mol. The molecule has 4 heteroatoms. The Kier molecular flexibility index (Phi) is 1.77. The molecule has 0 amide bonds. The van der Waals surface area contributed by atoms with Gasteiger partial charge in [0.25, 0.3) is 0 Å². The summed E-state index contributed by atoms with van der Waals surface area (Å²) < 4.78 is 1.79. The van der Waals surface area contributed by atoms with Gasteiger partial charge < -0.3 is 9.51 Å². The van der Waals surface area contributed by atoms with E-state index in [1.165, 1.54) is 0 Å². The number of hydrogen-bond acceptors (Lipinski definition) is 2. The first-order valence-corrected chi connectivity index (χ1v) is 4.29. The lowest BCUT2D eigenvalue weighted by atomic mass is 10.2. The SMILES string of the molecule is Cc1cccn2c(C)nc(C(=O)O)c12. The molecule has 0 saturated heterocycles. The van der Waals surface area contributed by atoms with Gasteiger partial charge in [0, 0.05) is 6.20 Å². The quantitative estimate of drug-likeness (QED) is 0.743. The van der Waals surface area contributed by atoms with Crippen molar-refractivity contribution in [2.75, 3.05) is 0 Å². The number of carboxylic acids is 1. The first-order valence-electron chi connectivity index (χ1n) is 4.29. The van der Waals surface area contributed by atoms with Crippen molar-refractivity contribution < 1.29 is 9.90 Å². The van der Waals surface area contributed by atoms with Gasteiger partial charge in [-0.3, -0.25) is 0 Å². The lowest BCUT2D eigenvalue weighted by molar-refractivity contribution is 0.0693. The van der Waals surface area contributed by atoms with Crippen LogP contribution in [0, 0.1) is 13.8 Å². The van der Waals surface area contributed by atoms with E-state index in [9.17, 15) is 4.79 Å². The number of fused-ring (bicyclic) bond motifs is 1. The third kappa shape index (κ3) is 1.08. The summed E-state index contributed by atoms with van der Waals surface area (Å²) in [5, 5.41) is 8.94. The molecule has 4 nitrogen and oxygen atoms in total. The molecule has 0 fully saturated rings. The molecule has 0 unspecified atom stereocenters. The van der Waals surface area contributed by atoms with E-state index in [2.05, 4.69) is 4.98 Å². The smallest absolute Gasteiger partial charge is 0.356 e. The summed E-state index contributed by atoms with van der Waals surface area (Å²) in [5.41, 5.74) is 1.73. The van der Waals surface area contributed by atoms with Gasteiger partial charge in [-0.05, 0) is 25.5 Å². The van der Waals surface area contributed by atoms with Crippen molar-refractivity contribution in [2.24, 2.45) is 0 Å². The minimum atomic E-state index is -0.982. The number of aromatic carboxylic acids is 1. The van der Waals surface area contributed by atoms with Gasteiger partial charge in [-0.1, -0.05) is 6.07 Å². The summed E-state index contributed by atoms with van der Waals surface area (Å²) in [6.45, 7) is 3.67. The summed E-state index contributed by atoms with van der Waals surface area (Å²) in [6, 6.07) is 3.76. The molecule has 2 aromatic heterocycles. The molecule has 0 aliphatic carbocycles. The molecule has 0 aliphatic heterocycles. The zero-order valence-electron chi connectivity index (χ0n) is 7.98. The van der Waals surface area contributed by atoms with Crippen molar-refractivity contribution in [2.45, 2.75) is 13.8 Å². The lowest BCUT2D eigenvalue weighted by Crippen LogP contribution is -1.98. The van der Waals surface area contributed by atoms with Gasteiger partial charge in [0.1, 0.15) is 5.82 Å². The van der Waals surface area contributed by atoms with E-state index in [1.54, 1.807) is 11.3 Å². The Labute approximate surface area is 80.8 Å². The summed E-state index contributed by atoms with van der Waals surface area (Å²) >= 11 is 0. The first kappa shape index (κ1) is 8.74. The van der Waals surface area contributed by atoms with Crippen LogP contribution in [0.1, 0.15) is 21.9 Å². The third-order valence-corrected chi connectivity index (χ3v) is 2.24. The average Bonchev–Trinajstić information content (AvgIpc) is 2.46. The van der Waals surface area contributed by atoms with Crippen molar-refractivity contribution >= 4 is 11.5 Å². The summed E-state index contributed by atoms with van der Waals surface area (Å²) in [5.74, 6) is -0.286. The Morgan fingerprint density at radius 2 is 2.21 bits per heavy atom. The maximum absolute atomic E-state index is 10.9. The molecule has 72 valence electrons. The number of rotatable bonds is 1. The molecule has 2 heterocycles. The van der Waals surface area contributed by atoms with E-state index < -0.39 is 5.97 Å². The zero-order valence-corrected chi connectivity index (χ0v) is 7.98. The van der Waals surface area contributed by atoms with E-state index in [4.69, 9.17) is 5.11 Å². The predicted octanol–water partition coefficient (Wildman–Crippen LogP) is 1.65. The number of imidazole rings is 1.